The van der Waals surface area contributed by atoms with Crippen molar-refractivity contribution in [3.63, 3.8) is 0 Å². The Balaban J connectivity index is 1.89. The number of carbonyl (C=O) groups excluding carboxylic acids is 1. The molecule has 1 heterocycles. The van der Waals surface area contributed by atoms with E-state index in [4.69, 9.17) is 0 Å². The Kier molecular flexibility index (Phi) is 3.12. The maximum Gasteiger partial charge on any atom is 0.259 e. The van der Waals surface area contributed by atoms with Crippen molar-refractivity contribution in [3.05, 3.63) is 77.4 Å². The van der Waals surface area contributed by atoms with Gasteiger partial charge in [0.05, 0.1) is 13.2 Å². The third kappa shape index (κ3) is 2.02. The van der Waals surface area contributed by atoms with Gasteiger partial charge < -0.3 is 10.0 Å². The van der Waals surface area contributed by atoms with Crippen LogP contribution in [0.15, 0.2) is 55.1 Å². The SMILES string of the molecule is C=C1c2ccccc2C(=O)N1Cc1cccc(CO)c1. The van der Waals surface area contributed by atoms with Crippen LogP contribution in [0.2, 0.25) is 0 Å². The predicted octanol–water partition coefficient (Wildman–Crippen LogP) is 2.81. The fraction of sp³-hybridized carbons (Fsp3) is 0.118. The molecule has 0 aliphatic carbocycles. The van der Waals surface area contributed by atoms with Gasteiger partial charge >= 0.3 is 0 Å². The molecule has 3 rings (SSSR count). The Labute approximate surface area is 117 Å². The number of amides is 1. The summed E-state index contributed by atoms with van der Waals surface area (Å²) in [5, 5.41) is 9.17. The molecule has 1 amide bonds. The number of carbonyl (C=O) groups is 1. The molecular weight excluding hydrogens is 250 g/mol. The van der Waals surface area contributed by atoms with Gasteiger partial charge in [-0.2, -0.15) is 0 Å². The van der Waals surface area contributed by atoms with Crippen LogP contribution in [0.25, 0.3) is 5.70 Å². The van der Waals surface area contributed by atoms with E-state index in [1.807, 2.05) is 48.5 Å². The standard InChI is InChI=1S/C17H15NO2/c1-12-15-7-2-3-8-16(15)17(20)18(12)10-13-5-4-6-14(9-13)11-19/h2-9,19H,1,10-11H2. The van der Waals surface area contributed by atoms with Gasteiger partial charge in [-0.15, -0.1) is 0 Å². The second-order valence-corrected chi connectivity index (χ2v) is 4.86. The summed E-state index contributed by atoms with van der Waals surface area (Å²) in [7, 11) is 0. The van der Waals surface area contributed by atoms with Crippen LogP contribution in [-0.2, 0) is 13.2 Å². The monoisotopic (exact) mass is 265 g/mol. The topological polar surface area (TPSA) is 40.5 Å². The second-order valence-electron chi connectivity index (χ2n) is 4.86. The molecule has 1 aliphatic rings. The second kappa shape index (κ2) is 4.94. The first kappa shape index (κ1) is 12.6. The molecule has 0 atom stereocenters. The van der Waals surface area contributed by atoms with Crippen LogP contribution in [0.5, 0.6) is 0 Å². The molecule has 0 radical (unpaired) electrons. The zero-order valence-electron chi connectivity index (χ0n) is 11.0. The molecule has 0 fully saturated rings. The van der Waals surface area contributed by atoms with Gasteiger partial charge in [0.25, 0.3) is 5.91 Å². The highest BCUT2D eigenvalue weighted by atomic mass is 16.3. The van der Waals surface area contributed by atoms with Crippen molar-refractivity contribution in [2.45, 2.75) is 13.2 Å². The zero-order valence-corrected chi connectivity index (χ0v) is 11.0. The summed E-state index contributed by atoms with van der Waals surface area (Å²) in [6, 6.07) is 15.1. The van der Waals surface area contributed by atoms with Gasteiger partial charge in [-0.05, 0) is 17.2 Å². The molecule has 0 bridgehead atoms. The Bertz CT molecular complexity index is 656. The van der Waals surface area contributed by atoms with Crippen LogP contribution in [0, 0.1) is 0 Å². The Morgan fingerprint density at radius 2 is 1.70 bits per heavy atom. The van der Waals surface area contributed by atoms with E-state index < -0.39 is 0 Å². The highest BCUT2D eigenvalue weighted by Crippen LogP contribution is 2.32. The van der Waals surface area contributed by atoms with Gasteiger partial charge in [-0.3, -0.25) is 4.79 Å². The molecular formula is C17H15NO2. The van der Waals surface area contributed by atoms with Crippen LogP contribution in [-0.4, -0.2) is 15.9 Å². The third-order valence-corrected chi connectivity index (χ3v) is 3.55. The van der Waals surface area contributed by atoms with Gasteiger partial charge in [0.2, 0.25) is 0 Å². The number of hydrogen-bond acceptors (Lipinski definition) is 2. The minimum absolute atomic E-state index is 0.00293. The summed E-state index contributed by atoms with van der Waals surface area (Å²) in [6.07, 6.45) is 0. The van der Waals surface area contributed by atoms with Crippen molar-refractivity contribution < 1.29 is 9.90 Å². The number of hydrogen-bond donors (Lipinski definition) is 1. The molecule has 0 saturated heterocycles. The molecule has 0 aromatic heterocycles. The minimum Gasteiger partial charge on any atom is -0.392 e. The summed E-state index contributed by atoms with van der Waals surface area (Å²) in [5.74, 6) is -0.0139. The van der Waals surface area contributed by atoms with Crippen LogP contribution >= 0.6 is 0 Å². The van der Waals surface area contributed by atoms with Crippen LogP contribution in [0.1, 0.15) is 27.0 Å². The van der Waals surface area contributed by atoms with Crippen molar-refractivity contribution in [2.24, 2.45) is 0 Å². The lowest BCUT2D eigenvalue weighted by molar-refractivity contribution is 0.0843. The summed E-state index contributed by atoms with van der Waals surface area (Å²) >= 11 is 0. The van der Waals surface area contributed by atoms with Crippen molar-refractivity contribution in [2.75, 3.05) is 0 Å². The van der Waals surface area contributed by atoms with E-state index in [2.05, 4.69) is 6.58 Å². The maximum atomic E-state index is 12.4. The van der Waals surface area contributed by atoms with Gasteiger partial charge in [-0.25, -0.2) is 0 Å². The normalized spacial score (nSPS) is 13.8. The number of benzene rings is 2. The summed E-state index contributed by atoms with van der Waals surface area (Å²) in [5.41, 5.74) is 4.17. The summed E-state index contributed by atoms with van der Waals surface area (Å²) < 4.78 is 0. The quantitative estimate of drug-likeness (QED) is 0.927. The molecule has 0 unspecified atom stereocenters. The molecule has 1 aliphatic heterocycles. The zero-order chi connectivity index (χ0) is 14.1. The van der Waals surface area contributed by atoms with Gasteiger partial charge in [-0.1, -0.05) is 49.0 Å². The van der Waals surface area contributed by atoms with Crippen LogP contribution < -0.4 is 0 Å². The van der Waals surface area contributed by atoms with E-state index in [1.165, 1.54) is 0 Å². The molecule has 1 N–H and O–H groups in total. The van der Waals surface area contributed by atoms with Crippen molar-refractivity contribution >= 4 is 11.6 Å². The van der Waals surface area contributed by atoms with E-state index >= 15 is 0 Å². The van der Waals surface area contributed by atoms with Crippen LogP contribution in [0.3, 0.4) is 0 Å². The fourth-order valence-corrected chi connectivity index (χ4v) is 2.51. The van der Waals surface area contributed by atoms with Gasteiger partial charge in [0.1, 0.15) is 0 Å². The molecule has 20 heavy (non-hydrogen) atoms. The number of fused-ring (bicyclic) bond motifs is 1. The van der Waals surface area contributed by atoms with Crippen LogP contribution in [0.4, 0.5) is 0 Å². The summed E-state index contributed by atoms with van der Waals surface area (Å²) in [4.78, 5) is 14.1. The van der Waals surface area contributed by atoms with Gasteiger partial charge in [0, 0.05) is 16.8 Å². The molecule has 2 aromatic carbocycles. The van der Waals surface area contributed by atoms with E-state index in [0.29, 0.717) is 12.1 Å². The molecule has 100 valence electrons. The number of aliphatic hydroxyl groups excluding tert-OH is 1. The molecule has 3 nitrogen and oxygen atoms in total. The minimum atomic E-state index is -0.0139. The highest BCUT2D eigenvalue weighted by molar-refractivity contribution is 6.08. The molecule has 3 heteroatoms. The molecule has 0 spiro atoms. The number of nitrogens with zero attached hydrogens (tertiary/aromatic N) is 1. The largest absolute Gasteiger partial charge is 0.392 e. The summed E-state index contributed by atoms with van der Waals surface area (Å²) in [6.45, 7) is 4.50. The third-order valence-electron chi connectivity index (χ3n) is 3.55. The van der Waals surface area contributed by atoms with Crippen molar-refractivity contribution in [3.8, 4) is 0 Å². The molecule has 2 aromatic rings. The van der Waals surface area contributed by atoms with Crippen molar-refractivity contribution in [1.29, 1.82) is 0 Å². The predicted molar refractivity (Wildman–Crippen MR) is 77.7 cm³/mol. The van der Waals surface area contributed by atoms with E-state index in [0.717, 1.165) is 22.4 Å². The van der Waals surface area contributed by atoms with Crippen molar-refractivity contribution in [1.82, 2.24) is 4.90 Å². The van der Waals surface area contributed by atoms with E-state index in [1.54, 1.807) is 4.90 Å². The first-order valence-electron chi connectivity index (χ1n) is 6.49. The molecule has 0 saturated carbocycles. The first-order valence-corrected chi connectivity index (χ1v) is 6.49. The number of rotatable bonds is 3. The number of aliphatic hydroxyl groups is 1. The lowest BCUT2D eigenvalue weighted by atomic mass is 10.1. The highest BCUT2D eigenvalue weighted by Gasteiger charge is 2.30. The first-order chi connectivity index (χ1) is 9.70. The van der Waals surface area contributed by atoms with E-state index in [9.17, 15) is 9.90 Å². The average Bonchev–Trinajstić information content (AvgIpc) is 2.73. The fourth-order valence-electron chi connectivity index (χ4n) is 2.51. The Hall–Kier alpha value is -2.39. The average molecular weight is 265 g/mol. The Morgan fingerprint density at radius 1 is 1.00 bits per heavy atom. The van der Waals surface area contributed by atoms with Gasteiger partial charge in [0.15, 0.2) is 0 Å². The lowest BCUT2D eigenvalue weighted by Crippen LogP contribution is -2.22. The maximum absolute atomic E-state index is 12.4. The Morgan fingerprint density at radius 3 is 2.40 bits per heavy atom. The van der Waals surface area contributed by atoms with E-state index in [-0.39, 0.29) is 12.5 Å². The lowest BCUT2D eigenvalue weighted by Gasteiger charge is -2.17. The smallest absolute Gasteiger partial charge is 0.259 e.